The summed E-state index contributed by atoms with van der Waals surface area (Å²) < 4.78 is 5.17. The number of carbonyl (C=O) groups is 1. The van der Waals surface area contributed by atoms with E-state index in [1.54, 1.807) is 19.1 Å². The van der Waals surface area contributed by atoms with Gasteiger partial charge in [-0.05, 0) is 19.1 Å². The van der Waals surface area contributed by atoms with Crippen molar-refractivity contribution in [1.82, 2.24) is 4.98 Å². The molecule has 0 unspecified atom stereocenters. The first-order valence-electron chi connectivity index (χ1n) is 4.56. The van der Waals surface area contributed by atoms with Crippen molar-refractivity contribution in [3.8, 4) is 0 Å². The average molecular weight is 206 g/mol. The van der Waals surface area contributed by atoms with Crippen LogP contribution in [0, 0.1) is 0 Å². The molecule has 5 nitrogen and oxygen atoms in total. The first kappa shape index (κ1) is 9.51. The number of nitrogens with zero attached hydrogens (tertiary/aromatic N) is 2. The van der Waals surface area contributed by atoms with Crippen LogP contribution in [0.5, 0.6) is 0 Å². The molecule has 0 aliphatic rings. The topological polar surface area (TPSA) is 66.6 Å². The van der Waals surface area contributed by atoms with Crippen LogP contribution in [0.3, 0.4) is 0 Å². The van der Waals surface area contributed by atoms with E-state index >= 15 is 0 Å². The summed E-state index contributed by atoms with van der Waals surface area (Å²) in [7, 11) is 0. The van der Waals surface area contributed by atoms with Gasteiger partial charge < -0.3 is 9.52 Å². The monoisotopic (exact) mass is 206 g/mol. The summed E-state index contributed by atoms with van der Waals surface area (Å²) in [5.41, 5.74) is 0.639. The van der Waals surface area contributed by atoms with Crippen LogP contribution in [0.15, 0.2) is 29.0 Å². The molecule has 0 spiro atoms. The smallest absolute Gasteiger partial charge is 0.413 e. The largest absolute Gasteiger partial charge is 0.465 e. The third-order valence-electron chi connectivity index (χ3n) is 2.16. The van der Waals surface area contributed by atoms with Gasteiger partial charge in [0.2, 0.25) is 0 Å². The van der Waals surface area contributed by atoms with E-state index in [1.165, 1.54) is 17.4 Å². The molecule has 0 bridgehead atoms. The molecular formula is C10H10N2O3. The van der Waals surface area contributed by atoms with Crippen LogP contribution in [0.1, 0.15) is 6.92 Å². The standard InChI is InChI=1S/C10H10N2O3/c1-2-12(10(13)14)9-7-4-6-15-8(7)3-5-11-9/h3-6H,2H2,1H3,(H,13,14). The Balaban J connectivity index is 2.59. The minimum absolute atomic E-state index is 0.354. The molecule has 0 aliphatic carbocycles. The molecule has 15 heavy (non-hydrogen) atoms. The zero-order chi connectivity index (χ0) is 10.8. The SMILES string of the molecule is CCN(C(=O)O)c1nccc2occc12. The van der Waals surface area contributed by atoms with E-state index in [1.807, 2.05) is 0 Å². The Morgan fingerprint density at radius 2 is 2.40 bits per heavy atom. The van der Waals surface area contributed by atoms with E-state index in [0.29, 0.717) is 23.3 Å². The van der Waals surface area contributed by atoms with E-state index in [0.717, 1.165) is 0 Å². The normalized spacial score (nSPS) is 10.5. The molecule has 0 aliphatic heterocycles. The maximum absolute atomic E-state index is 11.0. The quantitative estimate of drug-likeness (QED) is 0.818. The number of aromatic nitrogens is 1. The van der Waals surface area contributed by atoms with Crippen LogP contribution < -0.4 is 4.90 Å². The fourth-order valence-electron chi connectivity index (χ4n) is 1.47. The molecule has 0 atom stereocenters. The summed E-state index contributed by atoms with van der Waals surface area (Å²) in [5.74, 6) is 0.413. The second-order valence-corrected chi connectivity index (χ2v) is 2.99. The molecule has 5 heteroatoms. The lowest BCUT2D eigenvalue weighted by molar-refractivity contribution is 0.202. The molecule has 0 saturated carbocycles. The maximum atomic E-state index is 11.0. The first-order valence-corrected chi connectivity index (χ1v) is 4.56. The zero-order valence-electron chi connectivity index (χ0n) is 8.17. The van der Waals surface area contributed by atoms with Crippen molar-refractivity contribution in [2.45, 2.75) is 6.92 Å². The van der Waals surface area contributed by atoms with Gasteiger partial charge in [-0.1, -0.05) is 0 Å². The Labute approximate surface area is 85.9 Å². The fraction of sp³-hybridized carbons (Fsp3) is 0.200. The number of fused-ring (bicyclic) bond motifs is 1. The summed E-state index contributed by atoms with van der Waals surface area (Å²) in [6.45, 7) is 2.11. The number of carboxylic acid groups (broad SMARTS) is 1. The Hall–Kier alpha value is -2.04. The van der Waals surface area contributed by atoms with Crippen molar-refractivity contribution < 1.29 is 14.3 Å². The molecule has 2 rings (SSSR count). The molecule has 2 aromatic heterocycles. The summed E-state index contributed by atoms with van der Waals surface area (Å²) in [5, 5.41) is 9.69. The van der Waals surface area contributed by atoms with Crippen LogP contribution in [-0.4, -0.2) is 22.7 Å². The van der Waals surface area contributed by atoms with Crippen molar-refractivity contribution in [2.75, 3.05) is 11.4 Å². The van der Waals surface area contributed by atoms with Crippen LogP contribution in [-0.2, 0) is 0 Å². The van der Waals surface area contributed by atoms with Gasteiger partial charge in [0.1, 0.15) is 11.4 Å². The fourth-order valence-corrected chi connectivity index (χ4v) is 1.47. The Morgan fingerprint density at radius 3 is 3.07 bits per heavy atom. The lowest BCUT2D eigenvalue weighted by Crippen LogP contribution is -2.29. The van der Waals surface area contributed by atoms with Gasteiger partial charge in [-0.2, -0.15) is 0 Å². The van der Waals surface area contributed by atoms with E-state index in [2.05, 4.69) is 4.98 Å². The molecule has 0 radical (unpaired) electrons. The van der Waals surface area contributed by atoms with Crippen molar-refractivity contribution in [3.63, 3.8) is 0 Å². The zero-order valence-corrected chi connectivity index (χ0v) is 8.17. The lowest BCUT2D eigenvalue weighted by Gasteiger charge is -2.15. The highest BCUT2D eigenvalue weighted by atomic mass is 16.4. The number of rotatable bonds is 2. The molecule has 0 fully saturated rings. The molecule has 2 aromatic rings. The van der Waals surface area contributed by atoms with E-state index in [9.17, 15) is 4.79 Å². The van der Waals surface area contributed by atoms with Crippen LogP contribution in [0.4, 0.5) is 10.6 Å². The van der Waals surface area contributed by atoms with Crippen molar-refractivity contribution in [3.05, 3.63) is 24.6 Å². The molecule has 0 saturated heterocycles. The van der Waals surface area contributed by atoms with Gasteiger partial charge in [-0.15, -0.1) is 0 Å². The molecule has 0 aromatic carbocycles. The summed E-state index contributed by atoms with van der Waals surface area (Å²) in [6, 6.07) is 3.41. The van der Waals surface area contributed by atoms with E-state index in [4.69, 9.17) is 9.52 Å². The highest BCUT2D eigenvalue weighted by Gasteiger charge is 2.16. The van der Waals surface area contributed by atoms with Gasteiger partial charge in [0, 0.05) is 12.7 Å². The van der Waals surface area contributed by atoms with Gasteiger partial charge in [0.05, 0.1) is 11.6 Å². The molecule has 78 valence electrons. The van der Waals surface area contributed by atoms with Crippen LogP contribution >= 0.6 is 0 Å². The summed E-state index contributed by atoms with van der Waals surface area (Å²) in [6.07, 6.45) is 2.04. The van der Waals surface area contributed by atoms with Crippen molar-refractivity contribution >= 4 is 22.9 Å². The van der Waals surface area contributed by atoms with E-state index in [-0.39, 0.29) is 0 Å². The highest BCUT2D eigenvalue weighted by Crippen LogP contribution is 2.24. The Bertz CT molecular complexity index is 492. The van der Waals surface area contributed by atoms with Crippen molar-refractivity contribution in [2.24, 2.45) is 0 Å². The van der Waals surface area contributed by atoms with Crippen LogP contribution in [0.2, 0.25) is 0 Å². The maximum Gasteiger partial charge on any atom is 0.413 e. The van der Waals surface area contributed by atoms with Gasteiger partial charge >= 0.3 is 6.09 Å². The predicted molar refractivity (Wildman–Crippen MR) is 55.1 cm³/mol. The molecule has 1 N–H and O–H groups in total. The predicted octanol–water partition coefficient (Wildman–Crippen LogP) is 2.33. The number of amides is 1. The third kappa shape index (κ3) is 1.52. The second-order valence-electron chi connectivity index (χ2n) is 2.99. The number of hydrogen-bond acceptors (Lipinski definition) is 3. The van der Waals surface area contributed by atoms with Crippen LogP contribution in [0.25, 0.3) is 11.0 Å². The Kier molecular flexibility index (Phi) is 2.29. The minimum atomic E-state index is -1.02. The second kappa shape index (κ2) is 3.61. The van der Waals surface area contributed by atoms with E-state index < -0.39 is 6.09 Å². The number of anilines is 1. The third-order valence-corrected chi connectivity index (χ3v) is 2.16. The van der Waals surface area contributed by atoms with Crippen molar-refractivity contribution in [1.29, 1.82) is 0 Å². The average Bonchev–Trinajstić information content (AvgIpc) is 2.66. The molecule has 2 heterocycles. The minimum Gasteiger partial charge on any atom is -0.465 e. The molecular weight excluding hydrogens is 196 g/mol. The number of pyridine rings is 1. The first-order chi connectivity index (χ1) is 7.24. The van der Waals surface area contributed by atoms with Gasteiger partial charge in [0.25, 0.3) is 0 Å². The number of hydrogen-bond donors (Lipinski definition) is 1. The highest BCUT2D eigenvalue weighted by molar-refractivity contribution is 5.97. The molecule has 1 amide bonds. The number of furan rings is 1. The van der Waals surface area contributed by atoms with Gasteiger partial charge in [0.15, 0.2) is 0 Å². The Morgan fingerprint density at radius 1 is 1.60 bits per heavy atom. The summed E-state index contributed by atoms with van der Waals surface area (Å²) >= 11 is 0. The lowest BCUT2D eigenvalue weighted by atomic mass is 10.3. The van der Waals surface area contributed by atoms with Gasteiger partial charge in [-0.25, -0.2) is 9.78 Å². The van der Waals surface area contributed by atoms with Gasteiger partial charge in [-0.3, -0.25) is 4.90 Å². The summed E-state index contributed by atoms with van der Waals surface area (Å²) in [4.78, 5) is 16.2.